The SMILES string of the molecule is OC(CNC1CC1)Cc1ccnc2ccccc12. The van der Waals surface area contributed by atoms with Gasteiger partial charge < -0.3 is 10.4 Å². The van der Waals surface area contributed by atoms with Crippen LogP contribution in [0, 0.1) is 0 Å². The molecule has 0 radical (unpaired) electrons. The summed E-state index contributed by atoms with van der Waals surface area (Å²) in [6.45, 7) is 0.682. The van der Waals surface area contributed by atoms with Gasteiger partial charge >= 0.3 is 0 Å². The van der Waals surface area contributed by atoms with Crippen molar-refractivity contribution in [3.63, 3.8) is 0 Å². The van der Waals surface area contributed by atoms with E-state index in [1.54, 1.807) is 0 Å². The zero-order valence-electron chi connectivity index (χ0n) is 10.3. The lowest BCUT2D eigenvalue weighted by Gasteiger charge is -2.13. The molecule has 1 aromatic heterocycles. The molecule has 1 aliphatic carbocycles. The van der Waals surface area contributed by atoms with E-state index in [9.17, 15) is 5.11 Å². The van der Waals surface area contributed by atoms with Crippen LogP contribution in [0.3, 0.4) is 0 Å². The predicted octanol–water partition coefficient (Wildman–Crippen LogP) is 1.89. The van der Waals surface area contributed by atoms with E-state index in [4.69, 9.17) is 0 Å². The van der Waals surface area contributed by atoms with Crippen molar-refractivity contribution >= 4 is 10.9 Å². The van der Waals surface area contributed by atoms with Gasteiger partial charge in [0.1, 0.15) is 0 Å². The van der Waals surface area contributed by atoms with Crippen molar-refractivity contribution in [3.8, 4) is 0 Å². The monoisotopic (exact) mass is 242 g/mol. The topological polar surface area (TPSA) is 45.1 Å². The van der Waals surface area contributed by atoms with Crippen molar-refractivity contribution in [3.05, 3.63) is 42.1 Å². The Balaban J connectivity index is 1.72. The Morgan fingerprint density at radius 3 is 2.94 bits per heavy atom. The molecule has 0 spiro atoms. The third kappa shape index (κ3) is 2.68. The molecule has 18 heavy (non-hydrogen) atoms. The molecule has 1 unspecified atom stereocenters. The zero-order valence-corrected chi connectivity index (χ0v) is 10.3. The van der Waals surface area contributed by atoms with Crippen molar-refractivity contribution in [1.82, 2.24) is 10.3 Å². The fourth-order valence-corrected chi connectivity index (χ4v) is 2.25. The molecule has 0 amide bonds. The van der Waals surface area contributed by atoms with Crippen LogP contribution in [0.25, 0.3) is 10.9 Å². The standard InChI is InChI=1S/C15H18N2O/c18-13(10-17-12-5-6-12)9-11-7-8-16-15-4-2-1-3-14(11)15/h1-4,7-8,12-13,17-18H,5-6,9-10H2. The number of para-hydroxylation sites is 1. The number of nitrogens with zero attached hydrogens (tertiary/aromatic N) is 1. The number of aliphatic hydroxyl groups is 1. The maximum absolute atomic E-state index is 10.1. The lowest BCUT2D eigenvalue weighted by Crippen LogP contribution is -2.29. The molecular formula is C15H18N2O. The van der Waals surface area contributed by atoms with Gasteiger partial charge in [0.25, 0.3) is 0 Å². The molecule has 3 rings (SSSR count). The summed E-state index contributed by atoms with van der Waals surface area (Å²) in [5, 5.41) is 14.6. The number of hydrogen-bond acceptors (Lipinski definition) is 3. The summed E-state index contributed by atoms with van der Waals surface area (Å²) < 4.78 is 0. The third-order valence-corrected chi connectivity index (χ3v) is 3.41. The van der Waals surface area contributed by atoms with Crippen molar-refractivity contribution < 1.29 is 5.11 Å². The Hall–Kier alpha value is -1.45. The summed E-state index contributed by atoms with van der Waals surface area (Å²) in [6, 6.07) is 10.7. The summed E-state index contributed by atoms with van der Waals surface area (Å²) >= 11 is 0. The minimum absolute atomic E-state index is 0.323. The van der Waals surface area contributed by atoms with Crippen molar-refractivity contribution in [1.29, 1.82) is 0 Å². The number of rotatable bonds is 5. The van der Waals surface area contributed by atoms with Crippen molar-refractivity contribution in [2.24, 2.45) is 0 Å². The van der Waals surface area contributed by atoms with E-state index >= 15 is 0 Å². The first-order valence-corrected chi connectivity index (χ1v) is 6.57. The quantitative estimate of drug-likeness (QED) is 0.841. The smallest absolute Gasteiger partial charge is 0.0705 e. The van der Waals surface area contributed by atoms with Gasteiger partial charge in [-0.25, -0.2) is 0 Å². The highest BCUT2D eigenvalue weighted by atomic mass is 16.3. The summed E-state index contributed by atoms with van der Waals surface area (Å²) in [5.41, 5.74) is 2.17. The van der Waals surface area contributed by atoms with Gasteiger partial charge in [0.2, 0.25) is 0 Å². The molecule has 0 bridgehead atoms. The second kappa shape index (κ2) is 5.04. The van der Waals surface area contributed by atoms with Gasteiger partial charge in [0, 0.05) is 30.6 Å². The molecule has 0 saturated heterocycles. The van der Waals surface area contributed by atoms with Crippen LogP contribution in [0.5, 0.6) is 0 Å². The minimum Gasteiger partial charge on any atom is -0.391 e. The largest absolute Gasteiger partial charge is 0.391 e. The first-order valence-electron chi connectivity index (χ1n) is 6.57. The highest BCUT2D eigenvalue weighted by molar-refractivity contribution is 5.81. The highest BCUT2D eigenvalue weighted by Gasteiger charge is 2.21. The van der Waals surface area contributed by atoms with Crippen LogP contribution in [0.15, 0.2) is 36.5 Å². The molecule has 3 heteroatoms. The summed E-state index contributed by atoms with van der Waals surface area (Å²) in [4.78, 5) is 4.34. The molecule has 2 N–H and O–H groups in total. The van der Waals surface area contributed by atoms with E-state index in [-0.39, 0.29) is 6.10 Å². The molecule has 94 valence electrons. The fourth-order valence-electron chi connectivity index (χ4n) is 2.25. The van der Waals surface area contributed by atoms with E-state index < -0.39 is 0 Å². The first-order chi connectivity index (χ1) is 8.83. The molecule has 3 nitrogen and oxygen atoms in total. The van der Waals surface area contributed by atoms with Crippen LogP contribution in [-0.4, -0.2) is 28.8 Å². The van der Waals surface area contributed by atoms with Crippen LogP contribution in [-0.2, 0) is 6.42 Å². The maximum Gasteiger partial charge on any atom is 0.0705 e. The van der Waals surface area contributed by atoms with Gasteiger partial charge in [-0.2, -0.15) is 0 Å². The Labute approximate surface area is 107 Å². The van der Waals surface area contributed by atoms with Gasteiger partial charge in [-0.1, -0.05) is 18.2 Å². The van der Waals surface area contributed by atoms with Gasteiger partial charge in [0.15, 0.2) is 0 Å². The van der Waals surface area contributed by atoms with Gasteiger partial charge in [-0.05, 0) is 30.5 Å². The second-order valence-corrected chi connectivity index (χ2v) is 5.03. The van der Waals surface area contributed by atoms with Crippen LogP contribution >= 0.6 is 0 Å². The molecule has 1 atom stereocenters. The van der Waals surface area contributed by atoms with E-state index in [0.29, 0.717) is 19.0 Å². The number of pyridine rings is 1. The second-order valence-electron chi connectivity index (χ2n) is 5.03. The molecule has 1 saturated carbocycles. The van der Waals surface area contributed by atoms with E-state index in [2.05, 4.69) is 16.4 Å². The molecule has 1 aromatic carbocycles. The van der Waals surface area contributed by atoms with Crippen LogP contribution in [0.1, 0.15) is 18.4 Å². The number of fused-ring (bicyclic) bond motifs is 1. The third-order valence-electron chi connectivity index (χ3n) is 3.41. The molecular weight excluding hydrogens is 224 g/mol. The minimum atomic E-state index is -0.323. The molecule has 1 heterocycles. The Bertz CT molecular complexity index is 532. The number of nitrogens with one attached hydrogen (secondary N) is 1. The molecule has 2 aromatic rings. The van der Waals surface area contributed by atoms with Crippen LogP contribution in [0.4, 0.5) is 0 Å². The zero-order chi connectivity index (χ0) is 12.4. The van der Waals surface area contributed by atoms with Crippen molar-refractivity contribution in [2.75, 3.05) is 6.54 Å². The highest BCUT2D eigenvalue weighted by Crippen LogP contribution is 2.20. The van der Waals surface area contributed by atoms with E-state index in [0.717, 1.165) is 10.9 Å². The van der Waals surface area contributed by atoms with Crippen molar-refractivity contribution in [2.45, 2.75) is 31.4 Å². The normalized spacial score (nSPS) is 16.9. The Morgan fingerprint density at radius 1 is 1.28 bits per heavy atom. The van der Waals surface area contributed by atoms with Gasteiger partial charge in [0.05, 0.1) is 11.6 Å². The molecule has 1 aliphatic rings. The maximum atomic E-state index is 10.1. The van der Waals surface area contributed by atoms with E-state index in [1.165, 1.54) is 18.4 Å². The Morgan fingerprint density at radius 2 is 2.11 bits per heavy atom. The lowest BCUT2D eigenvalue weighted by atomic mass is 10.0. The average Bonchev–Trinajstić information content (AvgIpc) is 3.21. The van der Waals surface area contributed by atoms with E-state index in [1.807, 2.05) is 30.5 Å². The predicted molar refractivity (Wildman–Crippen MR) is 72.5 cm³/mol. The van der Waals surface area contributed by atoms with Gasteiger partial charge in [-0.3, -0.25) is 4.98 Å². The fraction of sp³-hybridized carbons (Fsp3) is 0.400. The molecule has 1 fully saturated rings. The number of hydrogen-bond donors (Lipinski definition) is 2. The first kappa shape index (κ1) is 11.6. The summed E-state index contributed by atoms with van der Waals surface area (Å²) in [6.07, 6.45) is 4.69. The Kier molecular flexibility index (Phi) is 3.26. The molecule has 0 aliphatic heterocycles. The summed E-state index contributed by atoms with van der Waals surface area (Å²) in [5.74, 6) is 0. The number of aromatic nitrogens is 1. The average molecular weight is 242 g/mol. The number of aliphatic hydroxyl groups excluding tert-OH is 1. The van der Waals surface area contributed by atoms with Crippen LogP contribution < -0.4 is 5.32 Å². The van der Waals surface area contributed by atoms with Gasteiger partial charge in [-0.15, -0.1) is 0 Å². The van der Waals surface area contributed by atoms with Crippen LogP contribution in [0.2, 0.25) is 0 Å². The lowest BCUT2D eigenvalue weighted by molar-refractivity contribution is 0.172. The number of benzene rings is 1. The summed E-state index contributed by atoms with van der Waals surface area (Å²) in [7, 11) is 0.